The van der Waals surface area contributed by atoms with E-state index in [4.69, 9.17) is 0 Å². The van der Waals surface area contributed by atoms with Gasteiger partial charge in [-0.2, -0.15) is 5.26 Å². The van der Waals surface area contributed by atoms with Crippen molar-refractivity contribution in [3.8, 4) is 6.07 Å². The molecule has 0 bridgehead atoms. The molecule has 6 heteroatoms. The van der Waals surface area contributed by atoms with Gasteiger partial charge in [-0.05, 0) is 54.7 Å². The molecule has 35 heavy (non-hydrogen) atoms. The molecule has 1 aliphatic rings. The van der Waals surface area contributed by atoms with Gasteiger partial charge in [-0.3, -0.25) is 14.5 Å². The summed E-state index contributed by atoms with van der Waals surface area (Å²) in [6, 6.07) is 28.6. The molecule has 1 aliphatic heterocycles. The van der Waals surface area contributed by atoms with Gasteiger partial charge in [0.1, 0.15) is 16.7 Å². The number of anilines is 2. The summed E-state index contributed by atoms with van der Waals surface area (Å²) in [7, 11) is 0. The number of nitrogens with zero attached hydrogens (tertiary/aromatic N) is 2. The van der Waals surface area contributed by atoms with Gasteiger partial charge in [-0.1, -0.05) is 85.8 Å². The standard InChI is InChI=1S/C29H27N3O2S/c1-2-3-10-21-15-17-22(18-16-21)19-26-28(34)32(24-13-8-5-9-14-24)29(35-26)25(20-30)27(33)31-23-11-6-4-7-12-23/h4-9,11-18,26H,2-3,10,19H2,1H3,(H,31,33). The molecule has 0 spiro atoms. The molecular formula is C29H27N3O2S. The summed E-state index contributed by atoms with van der Waals surface area (Å²) in [5.41, 5.74) is 3.49. The summed E-state index contributed by atoms with van der Waals surface area (Å²) in [5.74, 6) is -0.664. The van der Waals surface area contributed by atoms with Gasteiger partial charge in [0.05, 0.1) is 5.25 Å². The van der Waals surface area contributed by atoms with Gasteiger partial charge in [-0.25, -0.2) is 0 Å². The molecule has 1 fully saturated rings. The molecule has 176 valence electrons. The Labute approximate surface area is 210 Å². The number of nitriles is 1. The van der Waals surface area contributed by atoms with Crippen LogP contribution in [0.3, 0.4) is 0 Å². The zero-order valence-corrected chi connectivity index (χ0v) is 20.4. The van der Waals surface area contributed by atoms with E-state index in [1.165, 1.54) is 22.2 Å². The Hall–Kier alpha value is -3.82. The van der Waals surface area contributed by atoms with Crippen LogP contribution in [0, 0.1) is 11.3 Å². The third-order valence-corrected chi connectivity index (χ3v) is 7.08. The minimum Gasteiger partial charge on any atom is -0.321 e. The Morgan fingerprint density at radius 1 is 0.971 bits per heavy atom. The molecule has 0 saturated carbocycles. The van der Waals surface area contributed by atoms with E-state index in [-0.39, 0.29) is 11.5 Å². The van der Waals surface area contributed by atoms with Crippen molar-refractivity contribution in [2.24, 2.45) is 0 Å². The quantitative estimate of drug-likeness (QED) is 0.312. The highest BCUT2D eigenvalue weighted by Gasteiger charge is 2.40. The van der Waals surface area contributed by atoms with Gasteiger partial charge < -0.3 is 5.32 Å². The Kier molecular flexibility index (Phi) is 8.02. The molecule has 1 atom stereocenters. The Balaban J connectivity index is 1.63. The molecule has 5 nitrogen and oxygen atoms in total. The summed E-state index contributed by atoms with van der Waals surface area (Å²) in [6.45, 7) is 2.18. The normalized spacial score (nSPS) is 16.6. The maximum absolute atomic E-state index is 13.6. The van der Waals surface area contributed by atoms with E-state index in [1.807, 2.05) is 54.6 Å². The van der Waals surface area contributed by atoms with Gasteiger partial charge in [-0.15, -0.1) is 0 Å². The molecular weight excluding hydrogens is 454 g/mol. The van der Waals surface area contributed by atoms with E-state index in [2.05, 4.69) is 36.5 Å². The summed E-state index contributed by atoms with van der Waals surface area (Å²) >= 11 is 1.28. The van der Waals surface area contributed by atoms with Crippen molar-refractivity contribution in [3.05, 3.63) is 107 Å². The van der Waals surface area contributed by atoms with E-state index in [1.54, 1.807) is 12.1 Å². The van der Waals surface area contributed by atoms with Crippen molar-refractivity contribution in [1.29, 1.82) is 5.26 Å². The average molecular weight is 482 g/mol. The van der Waals surface area contributed by atoms with Crippen LogP contribution in [0.1, 0.15) is 30.9 Å². The zero-order valence-electron chi connectivity index (χ0n) is 19.6. The van der Waals surface area contributed by atoms with E-state index < -0.39 is 11.2 Å². The van der Waals surface area contributed by atoms with E-state index in [0.717, 1.165) is 24.8 Å². The van der Waals surface area contributed by atoms with E-state index >= 15 is 0 Å². The van der Waals surface area contributed by atoms with Crippen LogP contribution in [-0.4, -0.2) is 17.1 Å². The van der Waals surface area contributed by atoms with Crippen molar-refractivity contribution in [1.82, 2.24) is 0 Å². The number of aryl methyl sites for hydroxylation is 1. The summed E-state index contributed by atoms with van der Waals surface area (Å²) in [6.07, 6.45) is 3.87. The second kappa shape index (κ2) is 11.5. The second-order valence-electron chi connectivity index (χ2n) is 8.35. The van der Waals surface area contributed by atoms with Crippen LogP contribution in [0.15, 0.2) is 95.5 Å². The van der Waals surface area contributed by atoms with Crippen molar-refractivity contribution >= 4 is 35.0 Å². The lowest BCUT2D eigenvalue weighted by Crippen LogP contribution is -2.30. The van der Waals surface area contributed by atoms with Crippen LogP contribution in [-0.2, 0) is 22.4 Å². The minimum absolute atomic E-state index is 0.0755. The SMILES string of the molecule is CCCCc1ccc(CC2SC(=C(C#N)C(=O)Nc3ccccc3)N(c3ccccc3)C2=O)cc1. The number of carbonyl (C=O) groups excluding carboxylic acids is 2. The highest BCUT2D eigenvalue weighted by Crippen LogP contribution is 2.42. The van der Waals surface area contributed by atoms with Gasteiger partial charge >= 0.3 is 0 Å². The van der Waals surface area contributed by atoms with Gasteiger partial charge in [0.25, 0.3) is 5.91 Å². The lowest BCUT2D eigenvalue weighted by molar-refractivity contribution is -0.117. The average Bonchev–Trinajstić information content (AvgIpc) is 3.20. The van der Waals surface area contributed by atoms with Crippen molar-refractivity contribution < 1.29 is 9.59 Å². The summed E-state index contributed by atoms with van der Waals surface area (Å²) in [5, 5.41) is 12.6. The van der Waals surface area contributed by atoms with Crippen LogP contribution in [0.4, 0.5) is 11.4 Å². The molecule has 1 unspecified atom stereocenters. The predicted molar refractivity (Wildman–Crippen MR) is 142 cm³/mol. The van der Waals surface area contributed by atoms with Crippen molar-refractivity contribution in [3.63, 3.8) is 0 Å². The Bertz CT molecular complexity index is 1250. The number of amides is 2. The minimum atomic E-state index is -0.532. The predicted octanol–water partition coefficient (Wildman–Crippen LogP) is 6.09. The van der Waals surface area contributed by atoms with Gasteiger partial charge in [0, 0.05) is 11.4 Å². The summed E-state index contributed by atoms with van der Waals surface area (Å²) in [4.78, 5) is 28.1. The first-order valence-electron chi connectivity index (χ1n) is 11.7. The Morgan fingerprint density at radius 3 is 2.23 bits per heavy atom. The largest absolute Gasteiger partial charge is 0.321 e. The number of unbranched alkanes of at least 4 members (excludes halogenated alkanes) is 1. The number of hydrogen-bond donors (Lipinski definition) is 1. The maximum Gasteiger partial charge on any atom is 0.269 e. The highest BCUT2D eigenvalue weighted by atomic mass is 32.2. The number of hydrogen-bond acceptors (Lipinski definition) is 4. The second-order valence-corrected chi connectivity index (χ2v) is 9.54. The van der Waals surface area contributed by atoms with E-state index in [9.17, 15) is 14.9 Å². The molecule has 2 amide bonds. The van der Waals surface area contributed by atoms with Crippen LogP contribution in [0.2, 0.25) is 0 Å². The molecule has 3 aromatic carbocycles. The van der Waals surface area contributed by atoms with Gasteiger partial charge in [0.15, 0.2) is 0 Å². The monoisotopic (exact) mass is 481 g/mol. The number of para-hydroxylation sites is 2. The van der Waals surface area contributed by atoms with Crippen molar-refractivity contribution in [2.75, 3.05) is 10.2 Å². The molecule has 4 rings (SSSR count). The van der Waals surface area contributed by atoms with Gasteiger partial charge in [0.2, 0.25) is 5.91 Å². The van der Waals surface area contributed by atoms with Crippen LogP contribution in [0.5, 0.6) is 0 Å². The maximum atomic E-state index is 13.6. The topological polar surface area (TPSA) is 73.2 Å². The molecule has 1 N–H and O–H groups in total. The first-order chi connectivity index (χ1) is 17.1. The lowest BCUT2D eigenvalue weighted by Gasteiger charge is -2.18. The van der Waals surface area contributed by atoms with Crippen LogP contribution in [0.25, 0.3) is 0 Å². The number of nitrogens with one attached hydrogen (secondary N) is 1. The lowest BCUT2D eigenvalue weighted by atomic mass is 10.0. The smallest absolute Gasteiger partial charge is 0.269 e. The fraction of sp³-hybridized carbons (Fsp3) is 0.207. The Morgan fingerprint density at radius 2 is 1.60 bits per heavy atom. The van der Waals surface area contributed by atoms with Crippen molar-refractivity contribution in [2.45, 2.75) is 37.9 Å². The first-order valence-corrected chi connectivity index (χ1v) is 12.6. The number of carbonyl (C=O) groups is 2. The molecule has 1 saturated heterocycles. The van der Waals surface area contributed by atoms with Crippen LogP contribution < -0.4 is 10.2 Å². The molecule has 0 aromatic heterocycles. The molecule has 1 heterocycles. The molecule has 0 aliphatic carbocycles. The van der Waals surface area contributed by atoms with E-state index in [0.29, 0.717) is 22.8 Å². The fourth-order valence-corrected chi connectivity index (χ4v) is 5.26. The zero-order chi connectivity index (χ0) is 24.6. The van der Waals surface area contributed by atoms with Crippen LogP contribution >= 0.6 is 11.8 Å². The fourth-order valence-electron chi connectivity index (χ4n) is 3.95. The number of rotatable bonds is 8. The third-order valence-electron chi connectivity index (χ3n) is 5.81. The summed E-state index contributed by atoms with van der Waals surface area (Å²) < 4.78 is 0. The molecule has 3 aromatic rings. The third kappa shape index (κ3) is 5.82. The first kappa shape index (κ1) is 24.3. The number of benzene rings is 3. The molecule has 0 radical (unpaired) electrons. The highest BCUT2D eigenvalue weighted by molar-refractivity contribution is 8.05. The number of thioether (sulfide) groups is 1.